The summed E-state index contributed by atoms with van der Waals surface area (Å²) in [6.07, 6.45) is 0.606. The van der Waals surface area contributed by atoms with Gasteiger partial charge in [0.05, 0.1) is 6.54 Å². The van der Waals surface area contributed by atoms with Crippen LogP contribution in [0.5, 0.6) is 0 Å². The number of anilines is 2. The van der Waals surface area contributed by atoms with Crippen molar-refractivity contribution in [1.29, 1.82) is 0 Å². The fourth-order valence-electron chi connectivity index (χ4n) is 3.26. The van der Waals surface area contributed by atoms with Crippen molar-refractivity contribution in [3.05, 3.63) is 81.8 Å². The number of carbonyl (C=O) groups excluding carboxylic acids is 2. The number of fused-ring (bicyclic) bond motifs is 1. The molecule has 1 aliphatic heterocycles. The second-order valence-corrected chi connectivity index (χ2v) is 7.44. The molecule has 0 saturated carbocycles. The van der Waals surface area contributed by atoms with Crippen molar-refractivity contribution in [2.45, 2.75) is 13.0 Å². The first kappa shape index (κ1) is 18.2. The predicted octanol–water partition coefficient (Wildman–Crippen LogP) is 4.41. The molecular weight excluding hydrogens is 377 g/mol. The summed E-state index contributed by atoms with van der Waals surface area (Å²) >= 11 is 1.59. The molecule has 0 spiro atoms. The second kappa shape index (κ2) is 7.82. The maximum Gasteiger partial charge on any atom is 0.326 e. The molecule has 0 aliphatic carbocycles. The lowest BCUT2D eigenvalue weighted by Crippen LogP contribution is -2.33. The van der Waals surface area contributed by atoms with Crippen LogP contribution in [0.2, 0.25) is 0 Å². The summed E-state index contributed by atoms with van der Waals surface area (Å²) in [5.41, 5.74) is 2.69. The summed E-state index contributed by atoms with van der Waals surface area (Å²) in [4.78, 5) is 28.0. The van der Waals surface area contributed by atoms with Crippen molar-refractivity contribution < 1.29 is 14.0 Å². The Bertz CT molecular complexity index is 1000. The van der Waals surface area contributed by atoms with Gasteiger partial charge in [-0.2, -0.15) is 0 Å². The zero-order valence-electron chi connectivity index (χ0n) is 14.9. The second-order valence-electron chi connectivity index (χ2n) is 6.40. The number of nitrogens with zero attached hydrogens (tertiary/aromatic N) is 1. The van der Waals surface area contributed by atoms with Crippen LogP contribution in [0.1, 0.15) is 20.8 Å². The predicted molar refractivity (Wildman–Crippen MR) is 108 cm³/mol. The lowest BCUT2D eigenvalue weighted by atomic mass is 10.0. The highest BCUT2D eigenvalue weighted by Crippen LogP contribution is 2.31. The largest absolute Gasteiger partial charge is 0.347 e. The summed E-state index contributed by atoms with van der Waals surface area (Å²) in [5, 5.41) is 7.67. The van der Waals surface area contributed by atoms with Crippen molar-refractivity contribution >= 4 is 34.6 Å². The Labute approximate surface area is 165 Å². The first-order chi connectivity index (χ1) is 13.6. The highest BCUT2D eigenvalue weighted by molar-refractivity contribution is 7.09. The van der Waals surface area contributed by atoms with Crippen LogP contribution in [0.15, 0.2) is 60.0 Å². The van der Waals surface area contributed by atoms with Crippen LogP contribution in [0.25, 0.3) is 0 Å². The molecule has 0 saturated heterocycles. The third-order valence-corrected chi connectivity index (χ3v) is 5.49. The fraction of sp³-hybridized carbons (Fsp3) is 0.143. The van der Waals surface area contributed by atoms with Crippen molar-refractivity contribution in [3.63, 3.8) is 0 Å². The number of nitrogens with one attached hydrogen (secondary N) is 2. The molecule has 0 atom stereocenters. The molecule has 0 radical (unpaired) electrons. The SMILES string of the molecule is O=C(NCc1cccs1)c1cccc2c1CCN2C(=O)Nc1ccc(F)cc1. The molecule has 2 N–H and O–H groups in total. The van der Waals surface area contributed by atoms with E-state index >= 15 is 0 Å². The Balaban J connectivity index is 1.49. The van der Waals surface area contributed by atoms with Gasteiger partial charge in [-0.3, -0.25) is 9.69 Å². The van der Waals surface area contributed by atoms with Gasteiger partial charge in [-0.1, -0.05) is 12.1 Å². The van der Waals surface area contributed by atoms with Gasteiger partial charge in [0.2, 0.25) is 0 Å². The molecule has 3 aromatic rings. The van der Waals surface area contributed by atoms with Crippen LogP contribution in [0.4, 0.5) is 20.6 Å². The summed E-state index contributed by atoms with van der Waals surface area (Å²) in [6, 6.07) is 14.6. The first-order valence-electron chi connectivity index (χ1n) is 8.88. The average Bonchev–Trinajstić information content (AvgIpc) is 3.37. The van der Waals surface area contributed by atoms with Crippen molar-refractivity contribution in [2.24, 2.45) is 0 Å². The number of rotatable bonds is 4. The van der Waals surface area contributed by atoms with Crippen LogP contribution in [-0.4, -0.2) is 18.5 Å². The maximum atomic E-state index is 13.0. The van der Waals surface area contributed by atoms with E-state index in [1.54, 1.807) is 28.4 Å². The van der Waals surface area contributed by atoms with Crippen LogP contribution in [0.3, 0.4) is 0 Å². The van der Waals surface area contributed by atoms with E-state index in [1.165, 1.54) is 24.3 Å². The highest BCUT2D eigenvalue weighted by Gasteiger charge is 2.28. The molecule has 1 aromatic heterocycles. The van der Waals surface area contributed by atoms with Gasteiger partial charge in [0.25, 0.3) is 5.91 Å². The lowest BCUT2D eigenvalue weighted by Gasteiger charge is -2.18. The van der Waals surface area contributed by atoms with Gasteiger partial charge in [-0.25, -0.2) is 9.18 Å². The molecule has 28 heavy (non-hydrogen) atoms. The van der Waals surface area contributed by atoms with Gasteiger partial charge < -0.3 is 10.6 Å². The van der Waals surface area contributed by atoms with Crippen molar-refractivity contribution in [2.75, 3.05) is 16.8 Å². The normalized spacial score (nSPS) is 12.5. The van der Waals surface area contributed by atoms with Gasteiger partial charge in [0.15, 0.2) is 0 Å². The molecule has 5 nitrogen and oxygen atoms in total. The molecule has 0 unspecified atom stereocenters. The topological polar surface area (TPSA) is 61.4 Å². The van der Waals surface area contributed by atoms with Crippen LogP contribution < -0.4 is 15.5 Å². The number of carbonyl (C=O) groups is 2. The molecule has 0 fully saturated rings. The summed E-state index contributed by atoms with van der Waals surface area (Å²) in [7, 11) is 0. The monoisotopic (exact) mass is 395 g/mol. The fourth-order valence-corrected chi connectivity index (χ4v) is 3.90. The van der Waals surface area contributed by atoms with E-state index in [0.717, 1.165) is 16.1 Å². The van der Waals surface area contributed by atoms with E-state index in [-0.39, 0.29) is 17.8 Å². The van der Waals surface area contributed by atoms with E-state index in [9.17, 15) is 14.0 Å². The maximum absolute atomic E-state index is 13.0. The number of urea groups is 1. The Morgan fingerprint density at radius 3 is 2.64 bits per heavy atom. The minimum Gasteiger partial charge on any atom is -0.347 e. The quantitative estimate of drug-likeness (QED) is 0.687. The van der Waals surface area contributed by atoms with E-state index in [2.05, 4.69) is 10.6 Å². The van der Waals surface area contributed by atoms with Gasteiger partial charge >= 0.3 is 6.03 Å². The van der Waals surface area contributed by atoms with Crippen molar-refractivity contribution in [1.82, 2.24) is 5.32 Å². The number of hydrogen-bond acceptors (Lipinski definition) is 3. The van der Waals surface area contributed by atoms with E-state index in [1.807, 2.05) is 23.6 Å². The minimum absolute atomic E-state index is 0.147. The average molecular weight is 395 g/mol. The number of thiophene rings is 1. The third-order valence-electron chi connectivity index (χ3n) is 4.62. The minimum atomic E-state index is -0.359. The van der Waals surface area contributed by atoms with Crippen LogP contribution in [-0.2, 0) is 13.0 Å². The Morgan fingerprint density at radius 2 is 1.89 bits per heavy atom. The number of benzene rings is 2. The molecule has 2 heterocycles. The number of hydrogen-bond donors (Lipinski definition) is 2. The molecule has 3 amide bonds. The molecule has 2 aromatic carbocycles. The number of halogens is 1. The highest BCUT2D eigenvalue weighted by atomic mass is 32.1. The van der Waals surface area contributed by atoms with Crippen LogP contribution in [0, 0.1) is 5.82 Å². The summed E-state index contributed by atoms with van der Waals surface area (Å²) in [5.74, 6) is -0.506. The summed E-state index contributed by atoms with van der Waals surface area (Å²) < 4.78 is 13.0. The Morgan fingerprint density at radius 1 is 1.07 bits per heavy atom. The third kappa shape index (κ3) is 3.75. The Kier molecular flexibility index (Phi) is 5.08. The molecule has 0 bridgehead atoms. The molecule has 1 aliphatic rings. The van der Waals surface area contributed by atoms with E-state index in [0.29, 0.717) is 30.8 Å². The molecule has 4 rings (SSSR count). The first-order valence-corrected chi connectivity index (χ1v) is 9.76. The zero-order chi connectivity index (χ0) is 19.5. The standard InChI is InChI=1S/C21H18FN3O2S/c22-14-6-8-15(9-7-14)24-21(27)25-11-10-17-18(4-1-5-19(17)25)20(26)23-13-16-3-2-12-28-16/h1-9,12H,10-11,13H2,(H,23,26)(H,24,27). The molecule has 7 heteroatoms. The van der Waals surface area contributed by atoms with Gasteiger partial charge in [-0.05, 0) is 59.8 Å². The van der Waals surface area contributed by atoms with Crippen molar-refractivity contribution in [3.8, 4) is 0 Å². The van der Waals surface area contributed by atoms with Gasteiger partial charge in [0.1, 0.15) is 5.82 Å². The lowest BCUT2D eigenvalue weighted by molar-refractivity contribution is 0.0950. The Hall–Kier alpha value is -3.19. The molecule has 142 valence electrons. The van der Waals surface area contributed by atoms with Gasteiger partial charge in [0, 0.05) is 28.4 Å². The zero-order valence-corrected chi connectivity index (χ0v) is 15.8. The number of amides is 3. The van der Waals surface area contributed by atoms with E-state index in [4.69, 9.17) is 0 Å². The smallest absolute Gasteiger partial charge is 0.326 e. The van der Waals surface area contributed by atoms with Crippen LogP contribution >= 0.6 is 11.3 Å². The molecular formula is C21H18FN3O2S. The van der Waals surface area contributed by atoms with Gasteiger partial charge in [-0.15, -0.1) is 11.3 Å². The summed E-state index contributed by atoms with van der Waals surface area (Å²) in [6.45, 7) is 0.965. The van der Waals surface area contributed by atoms with E-state index < -0.39 is 0 Å².